The van der Waals surface area contributed by atoms with Crippen LogP contribution in [0.2, 0.25) is 0 Å². The Morgan fingerprint density at radius 3 is 2.69 bits per heavy atom. The molecule has 0 radical (unpaired) electrons. The summed E-state index contributed by atoms with van der Waals surface area (Å²) in [7, 11) is 0. The summed E-state index contributed by atoms with van der Waals surface area (Å²) in [5.41, 5.74) is 2.64. The van der Waals surface area contributed by atoms with E-state index in [1.807, 2.05) is 38.5 Å². The highest BCUT2D eigenvalue weighted by atomic mass is 79.9. The maximum Gasteiger partial charge on any atom is 0.291 e. The molecule has 4 nitrogen and oxygen atoms in total. The average molecular weight is 289 g/mol. The SMILES string of the molecule is CCn1cc(Br)cc1C(=O)NOC(C)(C)C. The number of amides is 1. The van der Waals surface area contributed by atoms with Crippen LogP contribution in [0.25, 0.3) is 0 Å². The first-order valence-corrected chi connectivity index (χ1v) is 5.97. The highest BCUT2D eigenvalue weighted by Gasteiger charge is 2.16. The largest absolute Gasteiger partial charge is 0.343 e. The number of carbonyl (C=O) groups excluding carboxylic acids is 1. The molecule has 0 atom stereocenters. The van der Waals surface area contributed by atoms with Crippen molar-refractivity contribution >= 4 is 21.8 Å². The lowest BCUT2D eigenvalue weighted by atomic mass is 10.2. The van der Waals surface area contributed by atoms with Gasteiger partial charge in [-0.3, -0.25) is 9.63 Å². The lowest BCUT2D eigenvalue weighted by Crippen LogP contribution is -2.34. The van der Waals surface area contributed by atoms with Gasteiger partial charge in [0.2, 0.25) is 0 Å². The lowest BCUT2D eigenvalue weighted by molar-refractivity contribution is -0.0592. The first-order chi connectivity index (χ1) is 7.33. The zero-order valence-corrected chi connectivity index (χ0v) is 11.6. The van der Waals surface area contributed by atoms with Gasteiger partial charge in [0, 0.05) is 17.2 Å². The van der Waals surface area contributed by atoms with Gasteiger partial charge in [-0.2, -0.15) is 0 Å². The van der Waals surface area contributed by atoms with Gasteiger partial charge in [0.25, 0.3) is 5.91 Å². The summed E-state index contributed by atoms with van der Waals surface area (Å²) in [6.07, 6.45) is 1.87. The van der Waals surface area contributed by atoms with Gasteiger partial charge in [0.15, 0.2) is 0 Å². The minimum Gasteiger partial charge on any atom is -0.343 e. The van der Waals surface area contributed by atoms with Gasteiger partial charge < -0.3 is 4.57 Å². The molecule has 16 heavy (non-hydrogen) atoms. The van der Waals surface area contributed by atoms with Crippen LogP contribution in [0, 0.1) is 0 Å². The Morgan fingerprint density at radius 1 is 1.56 bits per heavy atom. The predicted molar refractivity (Wildman–Crippen MR) is 66.1 cm³/mol. The number of nitrogens with one attached hydrogen (secondary N) is 1. The molecule has 0 unspecified atom stereocenters. The summed E-state index contributed by atoms with van der Waals surface area (Å²) in [6.45, 7) is 8.35. The van der Waals surface area contributed by atoms with Crippen LogP contribution in [0.15, 0.2) is 16.7 Å². The van der Waals surface area contributed by atoms with E-state index in [4.69, 9.17) is 4.84 Å². The summed E-state index contributed by atoms with van der Waals surface area (Å²) in [5, 5.41) is 0. The van der Waals surface area contributed by atoms with E-state index in [9.17, 15) is 4.79 Å². The van der Waals surface area contributed by atoms with Crippen molar-refractivity contribution < 1.29 is 9.63 Å². The number of aryl methyl sites for hydroxylation is 1. The molecule has 0 bridgehead atoms. The minimum atomic E-state index is -0.392. The van der Waals surface area contributed by atoms with Crippen molar-refractivity contribution in [3.8, 4) is 0 Å². The molecule has 0 spiro atoms. The number of aromatic nitrogens is 1. The molecule has 5 heteroatoms. The van der Waals surface area contributed by atoms with Crippen LogP contribution in [0.5, 0.6) is 0 Å². The van der Waals surface area contributed by atoms with Crippen molar-refractivity contribution in [2.24, 2.45) is 0 Å². The molecule has 90 valence electrons. The monoisotopic (exact) mass is 288 g/mol. The zero-order chi connectivity index (χ0) is 12.3. The first-order valence-electron chi connectivity index (χ1n) is 5.17. The summed E-state index contributed by atoms with van der Waals surface area (Å²) in [6, 6.07) is 1.77. The third-order valence-electron chi connectivity index (χ3n) is 1.89. The topological polar surface area (TPSA) is 43.3 Å². The molecule has 1 aromatic heterocycles. The predicted octanol–water partition coefficient (Wildman–Crippen LogP) is 2.73. The zero-order valence-electron chi connectivity index (χ0n) is 10.0. The number of hydrogen-bond acceptors (Lipinski definition) is 2. The molecule has 1 rings (SSSR count). The third kappa shape index (κ3) is 3.64. The standard InChI is InChI=1S/C11H17BrN2O2/c1-5-14-7-8(12)6-9(14)10(15)13-16-11(2,3)4/h6-7H,5H2,1-4H3,(H,13,15). The lowest BCUT2D eigenvalue weighted by Gasteiger charge is -2.19. The van der Waals surface area contributed by atoms with Crippen molar-refractivity contribution in [1.82, 2.24) is 10.0 Å². The van der Waals surface area contributed by atoms with Gasteiger partial charge in [-0.05, 0) is 49.7 Å². The summed E-state index contributed by atoms with van der Waals surface area (Å²) in [5.74, 6) is -0.234. The highest BCUT2D eigenvalue weighted by Crippen LogP contribution is 2.15. The van der Waals surface area contributed by atoms with Crippen molar-refractivity contribution in [2.45, 2.75) is 39.8 Å². The van der Waals surface area contributed by atoms with Crippen LogP contribution < -0.4 is 5.48 Å². The van der Waals surface area contributed by atoms with Crippen LogP contribution in [0.3, 0.4) is 0 Å². The second-order valence-corrected chi connectivity index (χ2v) is 5.39. The number of hydrogen-bond donors (Lipinski definition) is 1. The van der Waals surface area contributed by atoms with Crippen LogP contribution >= 0.6 is 15.9 Å². The molecule has 0 aliphatic heterocycles. The molecule has 1 aromatic rings. The molecule has 1 N–H and O–H groups in total. The quantitative estimate of drug-likeness (QED) is 0.869. The highest BCUT2D eigenvalue weighted by molar-refractivity contribution is 9.10. The Bertz CT molecular complexity index is 380. The second kappa shape index (κ2) is 5.01. The Morgan fingerprint density at radius 2 is 2.19 bits per heavy atom. The molecule has 1 amide bonds. The van der Waals surface area contributed by atoms with Crippen molar-refractivity contribution in [3.05, 3.63) is 22.4 Å². The molecular formula is C11H17BrN2O2. The second-order valence-electron chi connectivity index (χ2n) is 4.48. The maximum atomic E-state index is 11.8. The number of halogens is 1. The fourth-order valence-corrected chi connectivity index (χ4v) is 1.64. The first kappa shape index (κ1) is 13.3. The van der Waals surface area contributed by atoms with Gasteiger partial charge >= 0.3 is 0 Å². The van der Waals surface area contributed by atoms with Crippen LogP contribution in [-0.2, 0) is 11.4 Å². The van der Waals surface area contributed by atoms with Crippen molar-refractivity contribution in [2.75, 3.05) is 0 Å². The van der Waals surface area contributed by atoms with E-state index >= 15 is 0 Å². The Balaban J connectivity index is 2.73. The Labute approximate surface area is 104 Å². The Kier molecular flexibility index (Phi) is 4.15. The van der Waals surface area contributed by atoms with E-state index in [-0.39, 0.29) is 5.91 Å². The van der Waals surface area contributed by atoms with Crippen molar-refractivity contribution in [1.29, 1.82) is 0 Å². The smallest absolute Gasteiger partial charge is 0.291 e. The molecule has 1 heterocycles. The van der Waals surface area contributed by atoms with Gasteiger partial charge in [-0.15, -0.1) is 0 Å². The van der Waals surface area contributed by atoms with E-state index < -0.39 is 5.60 Å². The molecule has 0 aliphatic rings. The normalized spacial score (nSPS) is 11.6. The van der Waals surface area contributed by atoms with Crippen LogP contribution in [-0.4, -0.2) is 16.1 Å². The number of hydroxylamine groups is 1. The van der Waals surface area contributed by atoms with E-state index in [0.29, 0.717) is 5.69 Å². The summed E-state index contributed by atoms with van der Waals surface area (Å²) < 4.78 is 2.74. The van der Waals surface area contributed by atoms with Gasteiger partial charge in [0.1, 0.15) is 5.69 Å². The molecule has 0 saturated heterocycles. The fraction of sp³-hybridized carbons (Fsp3) is 0.545. The molecule has 0 aliphatic carbocycles. The number of nitrogens with zero attached hydrogens (tertiary/aromatic N) is 1. The minimum absolute atomic E-state index is 0.234. The molecule has 0 fully saturated rings. The van der Waals surface area contributed by atoms with E-state index in [1.54, 1.807) is 6.07 Å². The summed E-state index contributed by atoms with van der Waals surface area (Å²) in [4.78, 5) is 17.0. The molecule has 0 saturated carbocycles. The van der Waals surface area contributed by atoms with Crippen molar-refractivity contribution in [3.63, 3.8) is 0 Å². The fourth-order valence-electron chi connectivity index (χ4n) is 1.18. The van der Waals surface area contributed by atoms with Gasteiger partial charge in [-0.25, -0.2) is 5.48 Å². The van der Waals surface area contributed by atoms with E-state index in [1.165, 1.54) is 0 Å². The number of carbonyl (C=O) groups is 1. The van der Waals surface area contributed by atoms with Crippen LogP contribution in [0.1, 0.15) is 38.2 Å². The van der Waals surface area contributed by atoms with E-state index in [2.05, 4.69) is 21.4 Å². The van der Waals surface area contributed by atoms with Gasteiger partial charge in [-0.1, -0.05) is 0 Å². The summed E-state index contributed by atoms with van der Waals surface area (Å²) >= 11 is 3.34. The van der Waals surface area contributed by atoms with E-state index in [0.717, 1.165) is 11.0 Å². The Hall–Kier alpha value is -0.810. The third-order valence-corrected chi connectivity index (χ3v) is 2.32. The van der Waals surface area contributed by atoms with Gasteiger partial charge in [0.05, 0.1) is 5.60 Å². The number of rotatable bonds is 3. The average Bonchev–Trinajstić information content (AvgIpc) is 2.55. The molecule has 0 aromatic carbocycles. The maximum absolute atomic E-state index is 11.8. The molecular weight excluding hydrogens is 272 g/mol. The van der Waals surface area contributed by atoms with Crippen LogP contribution in [0.4, 0.5) is 0 Å².